The smallest absolute Gasteiger partial charge is 0.280 e. The molecule has 11 heavy (non-hydrogen) atoms. The van der Waals surface area contributed by atoms with Crippen LogP contribution in [-0.2, 0) is 9.63 Å². The number of hydrogen-bond acceptors (Lipinski definition) is 4. The fraction of sp³-hybridized carbons (Fsp3) is 0.833. The van der Waals surface area contributed by atoms with Gasteiger partial charge < -0.3 is 11.5 Å². The summed E-state index contributed by atoms with van der Waals surface area (Å²) in [7, 11) is 2.84. The van der Waals surface area contributed by atoms with E-state index in [4.69, 9.17) is 11.5 Å². The van der Waals surface area contributed by atoms with E-state index in [0.717, 1.165) is 5.06 Å². The van der Waals surface area contributed by atoms with Crippen LogP contribution in [0.4, 0.5) is 0 Å². The van der Waals surface area contributed by atoms with Gasteiger partial charge in [-0.15, -0.1) is 0 Å². The second-order valence-electron chi connectivity index (χ2n) is 2.38. The zero-order valence-corrected chi connectivity index (χ0v) is 7.13. The van der Waals surface area contributed by atoms with Crippen LogP contribution in [0.3, 0.4) is 0 Å². The molecule has 66 valence electrons. The number of hydrogen-bond donors (Lipinski definition) is 2. The summed E-state index contributed by atoms with van der Waals surface area (Å²) in [4.78, 5) is 15.8. The van der Waals surface area contributed by atoms with Gasteiger partial charge >= 0.3 is 0 Å². The number of nitrogens with zero attached hydrogens (tertiary/aromatic N) is 1. The van der Waals surface area contributed by atoms with Crippen LogP contribution in [0, 0.1) is 0 Å². The van der Waals surface area contributed by atoms with Crippen LogP contribution >= 0.6 is 0 Å². The van der Waals surface area contributed by atoms with Crippen LogP contribution < -0.4 is 11.5 Å². The number of likely N-dealkylation sites (N-methyl/N-ethyl adjacent to an activating group) is 1. The number of amides is 1. The highest BCUT2D eigenvalue weighted by molar-refractivity contribution is 5.84. The van der Waals surface area contributed by atoms with E-state index < -0.39 is 11.6 Å². The quantitative estimate of drug-likeness (QED) is 0.412. The monoisotopic (exact) mass is 161 g/mol. The number of hydroxylamine groups is 2. The summed E-state index contributed by atoms with van der Waals surface area (Å²) in [6.07, 6.45) is 0.375. The molecule has 0 aliphatic heterocycles. The lowest BCUT2D eigenvalue weighted by Crippen LogP contribution is -2.60. The van der Waals surface area contributed by atoms with E-state index in [1.165, 1.54) is 14.2 Å². The average Bonchev–Trinajstić information content (AvgIpc) is 2.01. The first-order valence-corrected chi connectivity index (χ1v) is 3.35. The van der Waals surface area contributed by atoms with Crippen molar-refractivity contribution in [3.63, 3.8) is 0 Å². The first kappa shape index (κ1) is 10.3. The molecule has 0 aromatic rings. The zero-order valence-electron chi connectivity index (χ0n) is 7.13. The summed E-state index contributed by atoms with van der Waals surface area (Å²) < 4.78 is 0. The predicted octanol–water partition coefficient (Wildman–Crippen LogP) is -0.970. The summed E-state index contributed by atoms with van der Waals surface area (Å²) in [6, 6.07) is 0. The number of carbonyl (C=O) groups excluding carboxylic acids is 1. The molecule has 0 heterocycles. The van der Waals surface area contributed by atoms with Crippen molar-refractivity contribution in [2.45, 2.75) is 19.0 Å². The Labute approximate surface area is 66.2 Å². The molecule has 0 saturated heterocycles. The highest BCUT2D eigenvalue weighted by Crippen LogP contribution is 2.01. The first-order chi connectivity index (χ1) is 4.95. The summed E-state index contributed by atoms with van der Waals surface area (Å²) >= 11 is 0. The van der Waals surface area contributed by atoms with Crippen molar-refractivity contribution in [1.29, 1.82) is 0 Å². The molecule has 0 aliphatic rings. The lowest BCUT2D eigenvalue weighted by Gasteiger charge is -2.25. The second-order valence-corrected chi connectivity index (χ2v) is 2.38. The SMILES string of the molecule is CCC(N)(N)C(=O)N(C)OC. The van der Waals surface area contributed by atoms with Crippen LogP contribution in [0.25, 0.3) is 0 Å². The lowest BCUT2D eigenvalue weighted by molar-refractivity contribution is -0.174. The minimum atomic E-state index is -1.31. The molecule has 0 rings (SSSR count). The van der Waals surface area contributed by atoms with Crippen LogP contribution in [0.5, 0.6) is 0 Å². The van der Waals surface area contributed by atoms with E-state index in [2.05, 4.69) is 4.84 Å². The largest absolute Gasteiger partial charge is 0.305 e. The molecule has 0 aromatic carbocycles. The van der Waals surface area contributed by atoms with Crippen molar-refractivity contribution in [1.82, 2.24) is 5.06 Å². The molecule has 0 aromatic heterocycles. The van der Waals surface area contributed by atoms with Crippen molar-refractivity contribution in [2.75, 3.05) is 14.2 Å². The molecule has 4 N–H and O–H groups in total. The molecular formula is C6H15N3O2. The minimum absolute atomic E-state index is 0.375. The van der Waals surface area contributed by atoms with Crippen LogP contribution in [0.15, 0.2) is 0 Å². The summed E-state index contributed by atoms with van der Waals surface area (Å²) in [5.74, 6) is -0.428. The highest BCUT2D eigenvalue weighted by Gasteiger charge is 2.30. The van der Waals surface area contributed by atoms with Gasteiger partial charge in [0.15, 0.2) is 0 Å². The molecule has 0 radical (unpaired) electrons. The van der Waals surface area contributed by atoms with Gasteiger partial charge in [0.05, 0.1) is 7.11 Å². The van der Waals surface area contributed by atoms with Gasteiger partial charge in [0.2, 0.25) is 0 Å². The van der Waals surface area contributed by atoms with E-state index in [1.807, 2.05) is 0 Å². The van der Waals surface area contributed by atoms with Crippen molar-refractivity contribution in [3.8, 4) is 0 Å². The van der Waals surface area contributed by atoms with E-state index in [1.54, 1.807) is 6.92 Å². The molecule has 0 spiro atoms. The number of rotatable bonds is 3. The van der Waals surface area contributed by atoms with Gasteiger partial charge in [-0.25, -0.2) is 5.06 Å². The Bertz CT molecular complexity index is 147. The molecule has 0 unspecified atom stereocenters. The van der Waals surface area contributed by atoms with Gasteiger partial charge in [-0.1, -0.05) is 6.92 Å². The Balaban J connectivity index is 4.23. The van der Waals surface area contributed by atoms with Gasteiger partial charge in [-0.2, -0.15) is 0 Å². The maximum absolute atomic E-state index is 11.2. The minimum Gasteiger partial charge on any atom is -0.305 e. The van der Waals surface area contributed by atoms with Gasteiger partial charge in [-0.05, 0) is 6.42 Å². The van der Waals surface area contributed by atoms with Crippen LogP contribution in [0.2, 0.25) is 0 Å². The van der Waals surface area contributed by atoms with Gasteiger partial charge in [0, 0.05) is 7.05 Å². The fourth-order valence-corrected chi connectivity index (χ4v) is 0.527. The summed E-state index contributed by atoms with van der Waals surface area (Å²) in [6.45, 7) is 1.74. The Morgan fingerprint density at radius 2 is 2.09 bits per heavy atom. The Hall–Kier alpha value is -0.650. The van der Waals surface area contributed by atoms with Gasteiger partial charge in [0.25, 0.3) is 5.91 Å². The van der Waals surface area contributed by atoms with Gasteiger partial charge in [-0.3, -0.25) is 9.63 Å². The number of carbonyl (C=O) groups is 1. The van der Waals surface area contributed by atoms with Gasteiger partial charge in [0.1, 0.15) is 5.66 Å². The maximum atomic E-state index is 11.2. The summed E-state index contributed by atoms with van der Waals surface area (Å²) in [5, 5.41) is 1.02. The van der Waals surface area contributed by atoms with E-state index in [0.29, 0.717) is 6.42 Å². The number of nitrogens with two attached hydrogens (primary N) is 2. The molecule has 0 aliphatic carbocycles. The van der Waals surface area contributed by atoms with E-state index in [-0.39, 0.29) is 0 Å². The Kier molecular flexibility index (Phi) is 3.44. The molecule has 5 heteroatoms. The summed E-state index contributed by atoms with van der Waals surface area (Å²) in [5.41, 5.74) is 9.57. The third kappa shape index (κ3) is 2.45. The molecule has 5 nitrogen and oxygen atoms in total. The molecule has 0 atom stereocenters. The first-order valence-electron chi connectivity index (χ1n) is 3.35. The molecular weight excluding hydrogens is 146 g/mol. The Morgan fingerprint density at radius 1 is 1.64 bits per heavy atom. The normalized spacial score (nSPS) is 11.4. The van der Waals surface area contributed by atoms with Crippen molar-refractivity contribution in [3.05, 3.63) is 0 Å². The molecule has 0 saturated carbocycles. The van der Waals surface area contributed by atoms with Crippen LogP contribution in [-0.4, -0.2) is 30.8 Å². The second kappa shape index (κ2) is 3.66. The maximum Gasteiger partial charge on any atom is 0.280 e. The van der Waals surface area contributed by atoms with E-state index >= 15 is 0 Å². The average molecular weight is 161 g/mol. The fourth-order valence-electron chi connectivity index (χ4n) is 0.527. The Morgan fingerprint density at radius 3 is 2.36 bits per heavy atom. The third-order valence-corrected chi connectivity index (χ3v) is 1.54. The van der Waals surface area contributed by atoms with Crippen LogP contribution in [0.1, 0.15) is 13.3 Å². The van der Waals surface area contributed by atoms with Crippen molar-refractivity contribution < 1.29 is 9.63 Å². The third-order valence-electron chi connectivity index (χ3n) is 1.54. The standard InChI is InChI=1S/C6H15N3O2/c1-4-6(7,8)5(10)9(2)11-3/h4,7-8H2,1-3H3. The molecule has 1 amide bonds. The predicted molar refractivity (Wildman–Crippen MR) is 41.2 cm³/mol. The molecule has 0 fully saturated rings. The highest BCUT2D eigenvalue weighted by atomic mass is 16.7. The van der Waals surface area contributed by atoms with E-state index in [9.17, 15) is 4.79 Å². The topological polar surface area (TPSA) is 81.6 Å². The van der Waals surface area contributed by atoms with Crippen molar-refractivity contribution >= 4 is 5.91 Å². The lowest BCUT2D eigenvalue weighted by atomic mass is 10.1. The molecule has 0 bridgehead atoms. The zero-order chi connectivity index (χ0) is 9.07. The van der Waals surface area contributed by atoms with Crippen molar-refractivity contribution in [2.24, 2.45) is 11.5 Å².